The summed E-state index contributed by atoms with van der Waals surface area (Å²) in [5.74, 6) is 6.65. The molecule has 2 nitrogen and oxygen atoms in total. The van der Waals surface area contributed by atoms with E-state index in [1.165, 1.54) is 16.6 Å². The minimum atomic E-state index is 0.953. The van der Waals surface area contributed by atoms with E-state index in [9.17, 15) is 0 Å². The number of rotatable bonds is 6. The van der Waals surface area contributed by atoms with Crippen molar-refractivity contribution in [2.75, 3.05) is 19.6 Å². The minimum Gasteiger partial charge on any atom is -0.317 e. The van der Waals surface area contributed by atoms with Gasteiger partial charge in [-0.15, -0.1) is 0 Å². The van der Waals surface area contributed by atoms with Gasteiger partial charge < -0.3 is 9.47 Å². The Labute approximate surface area is 165 Å². The largest absolute Gasteiger partial charge is 0.317 e. The van der Waals surface area contributed by atoms with Crippen LogP contribution in [-0.2, 0) is 0 Å². The summed E-state index contributed by atoms with van der Waals surface area (Å²) in [6.45, 7) is 7.80. The van der Waals surface area contributed by atoms with Crippen LogP contribution in [0.1, 0.15) is 32.3 Å². The van der Waals surface area contributed by atoms with Crippen molar-refractivity contribution in [1.82, 2.24) is 9.47 Å². The molecule has 1 heterocycles. The Kier molecular flexibility index (Phi) is 6.55. The number of hydrogen-bond donors (Lipinski definition) is 0. The predicted molar refractivity (Wildman–Crippen MR) is 115 cm³/mol. The number of halogens is 1. The van der Waals surface area contributed by atoms with Crippen LogP contribution in [-0.4, -0.2) is 29.1 Å². The zero-order valence-electron chi connectivity index (χ0n) is 15.5. The van der Waals surface area contributed by atoms with Crippen LogP contribution in [0.4, 0.5) is 0 Å². The predicted octanol–water partition coefficient (Wildman–Crippen LogP) is 5.87. The molecule has 26 heavy (non-hydrogen) atoms. The molecule has 0 unspecified atom stereocenters. The molecule has 0 fully saturated rings. The van der Waals surface area contributed by atoms with E-state index < -0.39 is 0 Å². The maximum Gasteiger partial charge on any atom is 0.0529 e. The second-order valence-electron chi connectivity index (χ2n) is 6.37. The lowest BCUT2D eigenvalue weighted by Gasteiger charge is -2.16. The van der Waals surface area contributed by atoms with Gasteiger partial charge in [0.25, 0.3) is 0 Å². The number of nitrogens with zero attached hydrogens (tertiary/aromatic N) is 2. The molecule has 3 heteroatoms. The van der Waals surface area contributed by atoms with Crippen molar-refractivity contribution in [2.24, 2.45) is 0 Å². The van der Waals surface area contributed by atoms with Crippen molar-refractivity contribution in [2.45, 2.75) is 26.7 Å². The summed E-state index contributed by atoms with van der Waals surface area (Å²) in [4.78, 5) is 2.44. The van der Waals surface area contributed by atoms with E-state index in [-0.39, 0.29) is 0 Å². The molecule has 2 aromatic carbocycles. The van der Waals surface area contributed by atoms with Crippen molar-refractivity contribution < 1.29 is 0 Å². The molecule has 0 aliphatic heterocycles. The molecule has 0 spiro atoms. The number of unbranched alkanes of at least 4 members (excludes halogenated alkanes) is 1. The smallest absolute Gasteiger partial charge is 0.0529 e. The third-order valence-electron chi connectivity index (χ3n) is 4.70. The molecular formula is C23H25BrN2. The number of hydrogen-bond acceptors (Lipinski definition) is 1. The first-order chi connectivity index (χ1) is 12.7. The molecule has 0 atom stereocenters. The first-order valence-electron chi connectivity index (χ1n) is 9.29. The van der Waals surface area contributed by atoms with Gasteiger partial charge in [-0.1, -0.05) is 41.6 Å². The standard InChI is InChI=1S/C23H25BrN2/c1-3-25(4-2)16-7-5-6-8-19-9-14-23-20(18-19)15-17-26(23)22-12-10-21(24)11-13-22/h9-15,17-18H,3-5,7,16H2,1-2H3. The number of benzene rings is 2. The van der Waals surface area contributed by atoms with Gasteiger partial charge in [-0.25, -0.2) is 0 Å². The molecule has 0 amide bonds. The molecule has 0 radical (unpaired) electrons. The van der Waals surface area contributed by atoms with Crippen LogP contribution in [0.15, 0.2) is 59.2 Å². The third kappa shape index (κ3) is 4.58. The Morgan fingerprint density at radius 1 is 1.00 bits per heavy atom. The minimum absolute atomic E-state index is 0.953. The van der Waals surface area contributed by atoms with E-state index >= 15 is 0 Å². The Hall–Kier alpha value is -2.02. The van der Waals surface area contributed by atoms with Gasteiger partial charge in [-0.2, -0.15) is 0 Å². The summed E-state index contributed by atoms with van der Waals surface area (Å²) in [6.07, 6.45) is 4.21. The van der Waals surface area contributed by atoms with Crippen LogP contribution in [0, 0.1) is 11.8 Å². The summed E-state index contributed by atoms with van der Waals surface area (Å²) in [7, 11) is 0. The van der Waals surface area contributed by atoms with Gasteiger partial charge in [-0.3, -0.25) is 0 Å². The molecule has 0 saturated heterocycles. The monoisotopic (exact) mass is 408 g/mol. The van der Waals surface area contributed by atoms with Crippen LogP contribution in [0.5, 0.6) is 0 Å². The van der Waals surface area contributed by atoms with E-state index in [1.807, 2.05) is 0 Å². The van der Waals surface area contributed by atoms with Crippen LogP contribution in [0.2, 0.25) is 0 Å². The molecule has 3 aromatic rings. The van der Waals surface area contributed by atoms with Gasteiger partial charge in [0, 0.05) is 33.7 Å². The zero-order valence-corrected chi connectivity index (χ0v) is 17.1. The highest BCUT2D eigenvalue weighted by Gasteiger charge is 2.03. The third-order valence-corrected chi connectivity index (χ3v) is 5.23. The summed E-state index contributed by atoms with van der Waals surface area (Å²) < 4.78 is 3.31. The fourth-order valence-electron chi connectivity index (χ4n) is 3.14. The fraction of sp³-hybridized carbons (Fsp3) is 0.304. The van der Waals surface area contributed by atoms with Gasteiger partial charge in [0.2, 0.25) is 0 Å². The first-order valence-corrected chi connectivity index (χ1v) is 10.1. The Balaban J connectivity index is 1.69. The van der Waals surface area contributed by atoms with Crippen molar-refractivity contribution >= 4 is 26.8 Å². The molecule has 0 aliphatic rings. The quantitative estimate of drug-likeness (QED) is 0.365. The Morgan fingerprint density at radius 3 is 2.50 bits per heavy atom. The number of aromatic nitrogens is 1. The van der Waals surface area contributed by atoms with Crippen LogP contribution in [0.25, 0.3) is 16.6 Å². The summed E-state index contributed by atoms with van der Waals surface area (Å²) >= 11 is 3.49. The van der Waals surface area contributed by atoms with Crippen molar-refractivity contribution in [3.05, 3.63) is 64.8 Å². The van der Waals surface area contributed by atoms with Crippen molar-refractivity contribution in [3.8, 4) is 17.5 Å². The highest BCUT2D eigenvalue weighted by atomic mass is 79.9. The molecule has 0 bridgehead atoms. The van der Waals surface area contributed by atoms with Crippen molar-refractivity contribution in [3.63, 3.8) is 0 Å². The van der Waals surface area contributed by atoms with Crippen LogP contribution >= 0.6 is 15.9 Å². The van der Waals surface area contributed by atoms with E-state index in [0.29, 0.717) is 0 Å². The van der Waals surface area contributed by atoms with Gasteiger partial charge in [0.05, 0.1) is 5.52 Å². The van der Waals surface area contributed by atoms with Gasteiger partial charge in [0.15, 0.2) is 0 Å². The van der Waals surface area contributed by atoms with Crippen molar-refractivity contribution in [1.29, 1.82) is 0 Å². The Bertz CT molecular complexity index is 909. The summed E-state index contributed by atoms with van der Waals surface area (Å²) in [6, 6.07) is 17.0. The lowest BCUT2D eigenvalue weighted by atomic mass is 10.1. The first kappa shape index (κ1) is 18.8. The molecule has 0 N–H and O–H groups in total. The van der Waals surface area contributed by atoms with E-state index in [0.717, 1.165) is 42.5 Å². The highest BCUT2D eigenvalue weighted by molar-refractivity contribution is 9.10. The summed E-state index contributed by atoms with van der Waals surface area (Å²) in [5.41, 5.74) is 3.46. The van der Waals surface area contributed by atoms with Gasteiger partial charge in [-0.05, 0) is 74.6 Å². The lowest BCUT2D eigenvalue weighted by molar-refractivity contribution is 0.301. The van der Waals surface area contributed by atoms with Gasteiger partial charge >= 0.3 is 0 Å². The average Bonchev–Trinajstić information content (AvgIpc) is 3.08. The maximum absolute atomic E-state index is 3.49. The van der Waals surface area contributed by atoms with Crippen LogP contribution < -0.4 is 0 Å². The van der Waals surface area contributed by atoms with E-state index in [2.05, 4.69) is 106 Å². The zero-order chi connectivity index (χ0) is 18.4. The second kappa shape index (κ2) is 9.07. The normalized spacial score (nSPS) is 10.9. The van der Waals surface area contributed by atoms with Gasteiger partial charge in [0.1, 0.15) is 0 Å². The molecular weight excluding hydrogens is 384 g/mol. The molecule has 1 aromatic heterocycles. The average molecular weight is 409 g/mol. The highest BCUT2D eigenvalue weighted by Crippen LogP contribution is 2.22. The van der Waals surface area contributed by atoms with Crippen LogP contribution in [0.3, 0.4) is 0 Å². The van der Waals surface area contributed by atoms with E-state index in [1.54, 1.807) is 0 Å². The molecule has 0 aliphatic carbocycles. The van der Waals surface area contributed by atoms with E-state index in [4.69, 9.17) is 0 Å². The SMILES string of the molecule is CCN(CC)CCCC#Cc1ccc2c(ccn2-c2ccc(Br)cc2)c1. The summed E-state index contributed by atoms with van der Waals surface area (Å²) in [5, 5.41) is 1.22. The number of fused-ring (bicyclic) bond motifs is 1. The molecule has 134 valence electrons. The second-order valence-corrected chi connectivity index (χ2v) is 7.28. The lowest BCUT2D eigenvalue weighted by Crippen LogP contribution is -2.23. The molecule has 0 saturated carbocycles. The fourth-order valence-corrected chi connectivity index (χ4v) is 3.41. The Morgan fingerprint density at radius 2 is 1.77 bits per heavy atom. The maximum atomic E-state index is 3.49. The topological polar surface area (TPSA) is 8.17 Å². The molecule has 3 rings (SSSR count).